The third-order valence-electron chi connectivity index (χ3n) is 6.05. The Kier molecular flexibility index (Phi) is 7.17. The van der Waals surface area contributed by atoms with Crippen LogP contribution < -0.4 is 15.8 Å². The zero-order valence-corrected chi connectivity index (χ0v) is 18.8. The lowest BCUT2D eigenvalue weighted by atomic mass is 9.96. The van der Waals surface area contributed by atoms with E-state index in [1.807, 2.05) is 30.0 Å². The van der Waals surface area contributed by atoms with Crippen molar-refractivity contribution in [1.29, 1.82) is 0 Å². The number of hydrogen-bond donors (Lipinski definition) is 1. The third kappa shape index (κ3) is 5.86. The molecule has 1 saturated heterocycles. The second-order valence-electron chi connectivity index (χ2n) is 8.64. The lowest BCUT2D eigenvalue weighted by Gasteiger charge is -2.33. The molecule has 0 bridgehead atoms. The number of carbonyl (C=O) groups is 1. The van der Waals surface area contributed by atoms with E-state index in [1.54, 1.807) is 18.2 Å². The molecule has 6 nitrogen and oxygen atoms in total. The van der Waals surface area contributed by atoms with Gasteiger partial charge in [0.05, 0.1) is 11.6 Å². The molecule has 33 heavy (non-hydrogen) atoms. The number of amides is 1. The quantitative estimate of drug-likeness (QED) is 0.598. The van der Waals surface area contributed by atoms with Gasteiger partial charge in [-0.2, -0.15) is 4.68 Å². The number of anilines is 1. The van der Waals surface area contributed by atoms with Gasteiger partial charge in [-0.05, 0) is 62.4 Å². The number of nitrogens with one attached hydrogen (secondary N) is 1. The van der Waals surface area contributed by atoms with Gasteiger partial charge in [-0.1, -0.05) is 36.4 Å². The molecule has 172 valence electrons. The Labute approximate surface area is 193 Å². The number of halogens is 1. The lowest BCUT2D eigenvalue weighted by Crippen LogP contribution is -2.46. The second-order valence-corrected chi connectivity index (χ2v) is 8.64. The Balaban J connectivity index is 1.39. The SMILES string of the molecule is C[C@@H](CCc1ccccc1)NC(=O)[C@H]1CCCN(c2ccc(=O)n(-c3cccc(F)c3)n2)C1. The molecule has 3 aromatic rings. The van der Waals surface area contributed by atoms with E-state index in [2.05, 4.69) is 22.5 Å². The highest BCUT2D eigenvalue weighted by Crippen LogP contribution is 2.22. The van der Waals surface area contributed by atoms with Crippen molar-refractivity contribution >= 4 is 11.7 Å². The van der Waals surface area contributed by atoms with Crippen molar-refractivity contribution in [2.45, 2.75) is 38.6 Å². The first-order valence-corrected chi connectivity index (χ1v) is 11.4. The largest absolute Gasteiger partial charge is 0.354 e. The van der Waals surface area contributed by atoms with Gasteiger partial charge >= 0.3 is 0 Å². The lowest BCUT2D eigenvalue weighted by molar-refractivity contribution is -0.125. The molecular formula is C26H29FN4O2. The fourth-order valence-electron chi connectivity index (χ4n) is 4.22. The average molecular weight is 449 g/mol. The summed E-state index contributed by atoms with van der Waals surface area (Å²) in [6, 6.07) is 19.2. The van der Waals surface area contributed by atoms with Gasteiger partial charge in [0.15, 0.2) is 0 Å². The van der Waals surface area contributed by atoms with Gasteiger partial charge in [0.25, 0.3) is 5.56 Å². The first-order valence-electron chi connectivity index (χ1n) is 11.4. The molecule has 2 heterocycles. The van der Waals surface area contributed by atoms with Crippen molar-refractivity contribution in [3.63, 3.8) is 0 Å². The molecule has 0 radical (unpaired) electrons. The molecule has 1 aliphatic heterocycles. The first kappa shape index (κ1) is 22.7. The molecule has 1 amide bonds. The average Bonchev–Trinajstić information content (AvgIpc) is 2.84. The molecule has 0 unspecified atom stereocenters. The molecule has 1 fully saturated rings. The summed E-state index contributed by atoms with van der Waals surface area (Å²) in [5.41, 5.74) is 1.31. The number of piperidine rings is 1. The number of aryl methyl sites for hydroxylation is 1. The molecule has 1 aliphatic rings. The van der Waals surface area contributed by atoms with E-state index >= 15 is 0 Å². The molecule has 4 rings (SSSR count). The normalized spacial score (nSPS) is 16.9. The summed E-state index contributed by atoms with van der Waals surface area (Å²) in [4.78, 5) is 27.3. The van der Waals surface area contributed by atoms with E-state index in [-0.39, 0.29) is 23.4 Å². The summed E-state index contributed by atoms with van der Waals surface area (Å²) in [6.45, 7) is 3.32. The molecule has 2 aromatic carbocycles. The maximum atomic E-state index is 13.6. The third-order valence-corrected chi connectivity index (χ3v) is 6.05. The van der Waals surface area contributed by atoms with Crippen molar-refractivity contribution in [2.24, 2.45) is 5.92 Å². The summed E-state index contributed by atoms with van der Waals surface area (Å²) in [5, 5.41) is 7.62. The standard InChI is InChI=1S/C26H29FN4O2/c1-19(12-13-20-7-3-2-4-8-20)28-26(33)21-9-6-16-30(18-21)24-14-15-25(32)31(29-24)23-11-5-10-22(27)17-23/h2-5,7-8,10-11,14-15,17,19,21H,6,9,12-13,16,18H2,1H3,(H,28,33)/t19-,21-/m0/s1. The van der Waals surface area contributed by atoms with Gasteiger partial charge < -0.3 is 10.2 Å². The summed E-state index contributed by atoms with van der Waals surface area (Å²) in [5.74, 6) is 0.0872. The van der Waals surface area contributed by atoms with Crippen LogP contribution in [-0.4, -0.2) is 34.8 Å². The zero-order chi connectivity index (χ0) is 23.2. The summed E-state index contributed by atoms with van der Waals surface area (Å²) in [6.07, 6.45) is 3.48. The van der Waals surface area contributed by atoms with Gasteiger partial charge in [0, 0.05) is 25.2 Å². The monoisotopic (exact) mass is 448 g/mol. The maximum Gasteiger partial charge on any atom is 0.271 e. The van der Waals surface area contributed by atoms with Gasteiger partial charge in [-0.3, -0.25) is 9.59 Å². The number of carbonyl (C=O) groups excluding carboxylic acids is 1. The van der Waals surface area contributed by atoms with Crippen LogP contribution in [-0.2, 0) is 11.2 Å². The Morgan fingerprint density at radius 2 is 1.97 bits per heavy atom. The fourth-order valence-corrected chi connectivity index (χ4v) is 4.22. The molecule has 7 heteroatoms. The smallest absolute Gasteiger partial charge is 0.271 e. The molecular weight excluding hydrogens is 419 g/mol. The number of aromatic nitrogens is 2. The topological polar surface area (TPSA) is 67.2 Å². The van der Waals surface area contributed by atoms with E-state index in [1.165, 1.54) is 28.4 Å². The second kappa shape index (κ2) is 10.4. The fraction of sp³-hybridized carbons (Fsp3) is 0.346. The molecule has 0 saturated carbocycles. The minimum absolute atomic E-state index is 0.0544. The van der Waals surface area contributed by atoms with Gasteiger partial charge in [-0.25, -0.2) is 4.39 Å². The van der Waals surface area contributed by atoms with Crippen LogP contribution in [0, 0.1) is 11.7 Å². The number of nitrogens with zero attached hydrogens (tertiary/aromatic N) is 3. The summed E-state index contributed by atoms with van der Waals surface area (Å²) in [7, 11) is 0. The summed E-state index contributed by atoms with van der Waals surface area (Å²) < 4.78 is 14.8. The van der Waals surface area contributed by atoms with Crippen LogP contribution >= 0.6 is 0 Å². The van der Waals surface area contributed by atoms with Crippen LogP contribution in [0.1, 0.15) is 31.7 Å². The number of rotatable bonds is 7. The van der Waals surface area contributed by atoms with Crippen molar-refractivity contribution < 1.29 is 9.18 Å². The molecule has 0 aliphatic carbocycles. The molecule has 0 spiro atoms. The highest BCUT2D eigenvalue weighted by Gasteiger charge is 2.27. The van der Waals surface area contributed by atoms with E-state index in [4.69, 9.17) is 0 Å². The maximum absolute atomic E-state index is 13.6. The van der Waals surface area contributed by atoms with Crippen LogP contribution in [0.2, 0.25) is 0 Å². The van der Waals surface area contributed by atoms with Gasteiger partial charge in [0.2, 0.25) is 5.91 Å². The van der Waals surface area contributed by atoms with Crippen molar-refractivity contribution in [2.75, 3.05) is 18.0 Å². The predicted molar refractivity (Wildman–Crippen MR) is 127 cm³/mol. The predicted octanol–water partition coefficient (Wildman–Crippen LogP) is 3.73. The van der Waals surface area contributed by atoms with Crippen LogP contribution in [0.3, 0.4) is 0 Å². The minimum Gasteiger partial charge on any atom is -0.354 e. The van der Waals surface area contributed by atoms with E-state index in [0.717, 1.165) is 32.2 Å². The Morgan fingerprint density at radius 3 is 2.76 bits per heavy atom. The van der Waals surface area contributed by atoms with Crippen LogP contribution in [0.15, 0.2) is 71.5 Å². The zero-order valence-electron chi connectivity index (χ0n) is 18.8. The van der Waals surface area contributed by atoms with Crippen molar-refractivity contribution in [3.8, 4) is 5.69 Å². The Hall–Kier alpha value is -3.48. The van der Waals surface area contributed by atoms with E-state index in [0.29, 0.717) is 18.1 Å². The summed E-state index contributed by atoms with van der Waals surface area (Å²) >= 11 is 0. The Morgan fingerprint density at radius 1 is 1.15 bits per heavy atom. The van der Waals surface area contributed by atoms with E-state index in [9.17, 15) is 14.0 Å². The minimum atomic E-state index is -0.428. The number of benzene rings is 2. The first-order chi connectivity index (χ1) is 16.0. The van der Waals surface area contributed by atoms with Crippen molar-refractivity contribution in [3.05, 3.63) is 88.5 Å². The molecule has 1 N–H and O–H groups in total. The highest BCUT2D eigenvalue weighted by atomic mass is 19.1. The van der Waals surface area contributed by atoms with Gasteiger partial charge in [-0.15, -0.1) is 5.10 Å². The van der Waals surface area contributed by atoms with Crippen molar-refractivity contribution in [1.82, 2.24) is 15.1 Å². The van der Waals surface area contributed by atoms with Gasteiger partial charge in [0.1, 0.15) is 11.6 Å². The molecule has 2 atom stereocenters. The number of hydrogen-bond acceptors (Lipinski definition) is 4. The highest BCUT2D eigenvalue weighted by molar-refractivity contribution is 5.79. The van der Waals surface area contributed by atoms with Crippen LogP contribution in [0.5, 0.6) is 0 Å². The molecule has 1 aromatic heterocycles. The van der Waals surface area contributed by atoms with Crippen LogP contribution in [0.4, 0.5) is 10.2 Å². The Bertz CT molecular complexity index is 1150. The van der Waals surface area contributed by atoms with E-state index < -0.39 is 5.82 Å². The van der Waals surface area contributed by atoms with Crippen LogP contribution in [0.25, 0.3) is 5.69 Å².